The summed E-state index contributed by atoms with van der Waals surface area (Å²) in [5, 5.41) is 13.0. The van der Waals surface area contributed by atoms with E-state index in [1.165, 1.54) is 47.4 Å². The number of halogens is 1. The lowest BCUT2D eigenvalue weighted by atomic mass is 10.2. The van der Waals surface area contributed by atoms with E-state index in [4.69, 9.17) is 10.5 Å². The number of ether oxygens (including phenoxy) is 1. The van der Waals surface area contributed by atoms with E-state index in [2.05, 4.69) is 20.5 Å². The number of nitrogens with two attached hydrogens (primary N) is 1. The Balaban J connectivity index is 1.39. The number of nitrogen functional groups attached to an aromatic ring is 1. The Bertz CT molecular complexity index is 1280. The first-order valence-electron chi connectivity index (χ1n) is 10.4. The summed E-state index contributed by atoms with van der Waals surface area (Å²) in [4.78, 5) is 18.5. The second kappa shape index (κ2) is 9.46. The zero-order chi connectivity index (χ0) is 22.8. The van der Waals surface area contributed by atoms with Gasteiger partial charge in [0, 0.05) is 23.9 Å². The molecule has 1 atom stereocenters. The number of hydrogen-bond acceptors (Lipinski definition) is 8. The van der Waals surface area contributed by atoms with Gasteiger partial charge >= 0.3 is 0 Å². The number of carbonyl (C=O) groups is 1. The van der Waals surface area contributed by atoms with Gasteiger partial charge in [0.15, 0.2) is 11.0 Å². The van der Waals surface area contributed by atoms with E-state index in [-0.39, 0.29) is 23.6 Å². The van der Waals surface area contributed by atoms with Gasteiger partial charge in [0.1, 0.15) is 10.6 Å². The molecule has 170 valence electrons. The quantitative estimate of drug-likeness (QED) is 0.379. The van der Waals surface area contributed by atoms with E-state index >= 15 is 0 Å². The predicted octanol–water partition coefficient (Wildman–Crippen LogP) is 4.19. The first-order valence-corrected chi connectivity index (χ1v) is 12.2. The van der Waals surface area contributed by atoms with Crippen molar-refractivity contribution >= 4 is 50.6 Å². The number of hydrogen-bond donors (Lipinski definition) is 2. The smallest absolute Gasteiger partial charge is 0.234 e. The summed E-state index contributed by atoms with van der Waals surface area (Å²) in [6.07, 6.45) is 3.76. The van der Waals surface area contributed by atoms with Crippen molar-refractivity contribution in [3.8, 4) is 10.7 Å². The van der Waals surface area contributed by atoms with Gasteiger partial charge in [-0.05, 0) is 49.2 Å². The Morgan fingerprint density at radius 2 is 2.15 bits per heavy atom. The Hall–Kier alpha value is -3.02. The molecule has 1 aromatic carbocycles. The number of nitrogens with zero attached hydrogens (tertiary/aromatic N) is 4. The number of fused-ring (bicyclic) bond motifs is 1. The van der Waals surface area contributed by atoms with E-state index in [9.17, 15) is 9.18 Å². The third kappa shape index (κ3) is 4.70. The molecule has 4 heterocycles. The zero-order valence-electron chi connectivity index (χ0n) is 17.5. The minimum Gasteiger partial charge on any atom is -0.397 e. The highest BCUT2D eigenvalue weighted by Crippen LogP contribution is 2.40. The molecule has 1 fully saturated rings. The molecule has 0 spiro atoms. The minimum absolute atomic E-state index is 0.0564. The lowest BCUT2D eigenvalue weighted by Crippen LogP contribution is -2.18. The normalized spacial score (nSPS) is 15.8. The van der Waals surface area contributed by atoms with Crippen LogP contribution in [0.25, 0.3) is 20.9 Å². The third-order valence-electron chi connectivity index (χ3n) is 5.30. The number of carbonyl (C=O) groups excluding carboxylic acids is 1. The van der Waals surface area contributed by atoms with E-state index in [1.807, 2.05) is 16.7 Å². The van der Waals surface area contributed by atoms with E-state index in [0.29, 0.717) is 28.9 Å². The Kier molecular flexibility index (Phi) is 6.25. The standard InChI is InChI=1S/C22H21FN6O2S2/c23-13-5-7-14(8-6-13)26-17(30)12-32-22-28-27-20(29(22)11-15-3-2-10-31-15)19-18(24)16-4-1-9-25-21(16)33-19/h1,4-9,15H,2-3,10-12,24H2,(H,26,30). The number of thioether (sulfide) groups is 1. The van der Waals surface area contributed by atoms with Crippen LogP contribution in [0.1, 0.15) is 12.8 Å². The van der Waals surface area contributed by atoms with Crippen LogP contribution in [0.5, 0.6) is 0 Å². The number of anilines is 2. The van der Waals surface area contributed by atoms with Crippen LogP contribution in [0.2, 0.25) is 0 Å². The maximum Gasteiger partial charge on any atom is 0.234 e. The number of amides is 1. The van der Waals surface area contributed by atoms with Gasteiger partial charge in [-0.3, -0.25) is 9.36 Å². The highest BCUT2D eigenvalue weighted by molar-refractivity contribution is 7.99. The van der Waals surface area contributed by atoms with Gasteiger partial charge in [0.25, 0.3) is 0 Å². The Morgan fingerprint density at radius 3 is 2.91 bits per heavy atom. The molecule has 0 bridgehead atoms. The van der Waals surface area contributed by atoms with Crippen LogP contribution in [0.4, 0.5) is 15.8 Å². The van der Waals surface area contributed by atoms with Crippen molar-refractivity contribution in [3.63, 3.8) is 0 Å². The van der Waals surface area contributed by atoms with Crippen LogP contribution < -0.4 is 11.1 Å². The lowest BCUT2D eigenvalue weighted by Gasteiger charge is -2.14. The van der Waals surface area contributed by atoms with Crippen LogP contribution in [-0.2, 0) is 16.1 Å². The summed E-state index contributed by atoms with van der Waals surface area (Å²) < 4.78 is 20.9. The molecule has 5 rings (SSSR count). The van der Waals surface area contributed by atoms with Gasteiger partial charge in [0.2, 0.25) is 5.91 Å². The first kappa shape index (κ1) is 21.8. The number of pyridine rings is 1. The molecule has 3 aromatic heterocycles. The largest absolute Gasteiger partial charge is 0.397 e. The van der Waals surface area contributed by atoms with Gasteiger partial charge in [-0.1, -0.05) is 11.8 Å². The van der Waals surface area contributed by atoms with Crippen molar-refractivity contribution in [2.24, 2.45) is 0 Å². The summed E-state index contributed by atoms with van der Waals surface area (Å²) in [5.41, 5.74) is 7.59. The molecule has 1 amide bonds. The molecule has 8 nitrogen and oxygen atoms in total. The SMILES string of the molecule is Nc1c(-c2nnc(SCC(=O)Nc3ccc(F)cc3)n2CC2CCCO2)sc2ncccc12. The highest BCUT2D eigenvalue weighted by atomic mass is 32.2. The Morgan fingerprint density at radius 1 is 1.30 bits per heavy atom. The number of thiophene rings is 1. The summed E-state index contributed by atoms with van der Waals surface area (Å²) >= 11 is 2.76. The molecule has 1 unspecified atom stereocenters. The molecule has 3 N–H and O–H groups in total. The van der Waals surface area contributed by atoms with Crippen LogP contribution in [0, 0.1) is 5.82 Å². The summed E-state index contributed by atoms with van der Waals surface area (Å²) in [6.45, 7) is 1.31. The maximum absolute atomic E-state index is 13.1. The van der Waals surface area contributed by atoms with Gasteiger partial charge < -0.3 is 15.8 Å². The number of benzene rings is 1. The zero-order valence-corrected chi connectivity index (χ0v) is 19.2. The number of rotatable bonds is 7. The van der Waals surface area contributed by atoms with Crippen LogP contribution in [0.15, 0.2) is 47.8 Å². The van der Waals surface area contributed by atoms with Crippen molar-refractivity contribution in [2.45, 2.75) is 30.6 Å². The average molecular weight is 485 g/mol. The lowest BCUT2D eigenvalue weighted by molar-refractivity contribution is -0.113. The Labute approximate surface area is 197 Å². The molecule has 1 saturated heterocycles. The van der Waals surface area contributed by atoms with E-state index in [0.717, 1.165) is 34.5 Å². The molecule has 1 aliphatic rings. The van der Waals surface area contributed by atoms with Crippen LogP contribution in [-0.4, -0.2) is 44.1 Å². The van der Waals surface area contributed by atoms with Crippen molar-refractivity contribution in [1.82, 2.24) is 19.7 Å². The molecule has 0 aliphatic carbocycles. The van der Waals surface area contributed by atoms with Crippen LogP contribution in [0.3, 0.4) is 0 Å². The molecular formula is C22H21FN6O2S2. The van der Waals surface area contributed by atoms with Gasteiger partial charge in [0.05, 0.1) is 29.0 Å². The minimum atomic E-state index is -0.354. The van der Waals surface area contributed by atoms with Gasteiger partial charge in [-0.2, -0.15) is 0 Å². The topological polar surface area (TPSA) is 108 Å². The summed E-state index contributed by atoms with van der Waals surface area (Å²) in [6, 6.07) is 9.44. The third-order valence-corrected chi connectivity index (χ3v) is 7.39. The molecule has 4 aromatic rings. The maximum atomic E-state index is 13.1. The molecule has 11 heteroatoms. The highest BCUT2D eigenvalue weighted by Gasteiger charge is 2.25. The van der Waals surface area contributed by atoms with Crippen molar-refractivity contribution in [1.29, 1.82) is 0 Å². The van der Waals surface area contributed by atoms with Gasteiger partial charge in [-0.25, -0.2) is 9.37 Å². The fourth-order valence-electron chi connectivity index (χ4n) is 3.70. The fraction of sp³-hybridized carbons (Fsp3) is 0.273. The summed E-state index contributed by atoms with van der Waals surface area (Å²) in [7, 11) is 0. The second-order valence-corrected chi connectivity index (χ2v) is 9.54. The van der Waals surface area contributed by atoms with E-state index in [1.54, 1.807) is 6.20 Å². The fourth-order valence-corrected chi connectivity index (χ4v) is 5.50. The van der Waals surface area contributed by atoms with Crippen LogP contribution >= 0.6 is 23.1 Å². The number of aromatic nitrogens is 4. The second-order valence-electron chi connectivity index (χ2n) is 7.60. The monoisotopic (exact) mass is 484 g/mol. The van der Waals surface area contributed by atoms with Crippen molar-refractivity contribution in [2.75, 3.05) is 23.4 Å². The van der Waals surface area contributed by atoms with Crippen molar-refractivity contribution in [3.05, 3.63) is 48.4 Å². The number of nitrogens with one attached hydrogen (secondary N) is 1. The predicted molar refractivity (Wildman–Crippen MR) is 128 cm³/mol. The molecule has 0 saturated carbocycles. The van der Waals surface area contributed by atoms with Crippen molar-refractivity contribution < 1.29 is 13.9 Å². The molecular weight excluding hydrogens is 463 g/mol. The summed E-state index contributed by atoms with van der Waals surface area (Å²) in [5.74, 6) is 0.204. The molecule has 0 radical (unpaired) electrons. The first-order chi connectivity index (χ1) is 16.1. The average Bonchev–Trinajstić information content (AvgIpc) is 3.55. The van der Waals surface area contributed by atoms with Gasteiger partial charge in [-0.15, -0.1) is 21.5 Å². The molecule has 33 heavy (non-hydrogen) atoms. The molecule has 1 aliphatic heterocycles. The van der Waals surface area contributed by atoms with E-state index < -0.39 is 0 Å².